The lowest BCUT2D eigenvalue weighted by atomic mass is 10.2. The maximum atomic E-state index is 12.7. The van der Waals surface area contributed by atoms with Gasteiger partial charge in [0.05, 0.1) is 21.2 Å². The molecule has 0 atom stereocenters. The molecule has 1 heterocycles. The van der Waals surface area contributed by atoms with E-state index in [1.807, 2.05) is 0 Å². The Morgan fingerprint density at radius 2 is 1.86 bits per heavy atom. The molecule has 1 aromatic heterocycles. The van der Waals surface area contributed by atoms with Crippen LogP contribution in [0, 0.1) is 11.3 Å². The highest BCUT2D eigenvalue weighted by molar-refractivity contribution is 6.38. The van der Waals surface area contributed by atoms with Gasteiger partial charge in [0.25, 0.3) is 0 Å². The number of rotatable bonds is 2. The van der Waals surface area contributed by atoms with Gasteiger partial charge in [-0.1, -0.05) is 35.9 Å². The number of benzene rings is 1. The van der Waals surface area contributed by atoms with E-state index in [1.165, 1.54) is 6.08 Å². The summed E-state index contributed by atoms with van der Waals surface area (Å²) in [4.78, 5) is 0. The first kappa shape index (κ1) is 16.2. The second-order valence-corrected chi connectivity index (χ2v) is 4.98. The van der Waals surface area contributed by atoms with Crippen LogP contribution in [0.5, 0.6) is 0 Å². The monoisotopic (exact) mass is 346 g/mol. The third-order valence-electron chi connectivity index (χ3n) is 2.83. The van der Waals surface area contributed by atoms with Crippen molar-refractivity contribution in [3.05, 3.63) is 45.6 Å². The summed E-state index contributed by atoms with van der Waals surface area (Å²) < 4.78 is 39.2. The highest BCUT2D eigenvalue weighted by Crippen LogP contribution is 2.38. The Morgan fingerprint density at radius 3 is 2.23 bits per heavy atom. The molecule has 0 bridgehead atoms. The Kier molecular flexibility index (Phi) is 4.09. The lowest BCUT2D eigenvalue weighted by Crippen LogP contribution is -2.08. The number of aromatic nitrogens is 2. The molecule has 1 aromatic carbocycles. The van der Waals surface area contributed by atoms with E-state index in [1.54, 1.807) is 6.07 Å². The molecule has 2 rings (SSSR count). The van der Waals surface area contributed by atoms with Crippen LogP contribution in [0.25, 0.3) is 11.8 Å². The van der Waals surface area contributed by atoms with Gasteiger partial charge in [-0.05, 0) is 12.1 Å². The number of hydrogen-bond acceptors (Lipinski definition) is 3. The van der Waals surface area contributed by atoms with Gasteiger partial charge in [0.15, 0.2) is 5.69 Å². The molecule has 22 heavy (non-hydrogen) atoms. The number of nitrogens with zero attached hydrogens (tertiary/aromatic N) is 3. The number of anilines is 1. The third kappa shape index (κ3) is 2.63. The average Bonchev–Trinajstić information content (AvgIpc) is 2.73. The molecule has 0 aliphatic rings. The molecule has 2 aromatic rings. The van der Waals surface area contributed by atoms with E-state index in [-0.39, 0.29) is 32.8 Å². The van der Waals surface area contributed by atoms with Gasteiger partial charge in [0, 0.05) is 0 Å². The van der Waals surface area contributed by atoms with Crippen molar-refractivity contribution in [1.29, 1.82) is 5.26 Å². The molecule has 0 amide bonds. The van der Waals surface area contributed by atoms with Crippen LogP contribution in [0.2, 0.25) is 10.0 Å². The number of alkyl halides is 3. The summed E-state index contributed by atoms with van der Waals surface area (Å²) in [6.45, 7) is 3.50. The maximum absolute atomic E-state index is 12.7. The van der Waals surface area contributed by atoms with E-state index in [4.69, 9.17) is 34.2 Å². The molecule has 2 N–H and O–H groups in total. The fourth-order valence-corrected chi connectivity index (χ4v) is 2.48. The molecule has 0 unspecified atom stereocenters. The molecule has 0 saturated heterocycles. The van der Waals surface area contributed by atoms with Crippen LogP contribution >= 0.6 is 23.2 Å². The Hall–Kier alpha value is -2.17. The van der Waals surface area contributed by atoms with Crippen molar-refractivity contribution in [2.45, 2.75) is 6.18 Å². The number of nitriles is 1. The molecule has 0 fully saturated rings. The van der Waals surface area contributed by atoms with Crippen molar-refractivity contribution in [3.63, 3.8) is 0 Å². The second kappa shape index (κ2) is 5.55. The Bertz CT molecular complexity index is 780. The highest BCUT2D eigenvalue weighted by Gasteiger charge is 2.32. The first-order valence-corrected chi connectivity index (χ1v) is 6.44. The molecule has 0 spiro atoms. The van der Waals surface area contributed by atoms with Gasteiger partial charge in [-0.25, -0.2) is 4.68 Å². The minimum atomic E-state index is -4.59. The zero-order chi connectivity index (χ0) is 16.7. The van der Waals surface area contributed by atoms with Crippen molar-refractivity contribution in [2.75, 3.05) is 5.73 Å². The standard InChI is InChI=1S/C13H7Cl2F3N4/c1-2-7-10(5-19)21-22(12(7)20)11-8(14)3-6(4-9(11)15)13(16,17)18/h2-4H,1,20H2. The van der Waals surface area contributed by atoms with Crippen LogP contribution < -0.4 is 5.73 Å². The summed E-state index contributed by atoms with van der Waals surface area (Å²) in [5, 5.41) is 12.3. The predicted octanol–water partition coefficient (Wildman–Crippen LogP) is 4.29. The molecule has 0 saturated carbocycles. The minimum absolute atomic E-state index is 0.00453. The van der Waals surface area contributed by atoms with E-state index in [9.17, 15) is 13.2 Å². The van der Waals surface area contributed by atoms with Gasteiger partial charge in [-0.2, -0.15) is 23.5 Å². The van der Waals surface area contributed by atoms with Crippen LogP contribution in [0.15, 0.2) is 18.7 Å². The van der Waals surface area contributed by atoms with Gasteiger partial charge in [0.1, 0.15) is 17.6 Å². The molecule has 9 heteroatoms. The van der Waals surface area contributed by atoms with Crippen LogP contribution in [0.4, 0.5) is 19.0 Å². The largest absolute Gasteiger partial charge is 0.416 e. The van der Waals surface area contributed by atoms with Crippen molar-refractivity contribution in [3.8, 4) is 11.8 Å². The van der Waals surface area contributed by atoms with Crippen LogP contribution in [-0.2, 0) is 6.18 Å². The highest BCUT2D eigenvalue weighted by atomic mass is 35.5. The van der Waals surface area contributed by atoms with Crippen LogP contribution in [-0.4, -0.2) is 9.78 Å². The van der Waals surface area contributed by atoms with E-state index in [2.05, 4.69) is 11.7 Å². The summed E-state index contributed by atoms with van der Waals surface area (Å²) in [6.07, 6.45) is -3.28. The molecular weight excluding hydrogens is 340 g/mol. The number of nitrogen functional groups attached to an aromatic ring is 1. The third-order valence-corrected chi connectivity index (χ3v) is 3.40. The molecule has 0 aliphatic heterocycles. The lowest BCUT2D eigenvalue weighted by Gasteiger charge is -2.13. The first-order valence-electron chi connectivity index (χ1n) is 5.68. The van der Waals surface area contributed by atoms with Gasteiger partial charge in [-0.15, -0.1) is 0 Å². The van der Waals surface area contributed by atoms with Gasteiger partial charge in [0.2, 0.25) is 0 Å². The number of nitrogens with two attached hydrogens (primary N) is 1. The maximum Gasteiger partial charge on any atom is 0.416 e. The minimum Gasteiger partial charge on any atom is -0.383 e. The Balaban J connectivity index is 2.72. The average molecular weight is 347 g/mol. The van der Waals surface area contributed by atoms with Crippen molar-refractivity contribution in [1.82, 2.24) is 9.78 Å². The summed E-state index contributed by atoms with van der Waals surface area (Å²) in [6, 6.07) is 3.23. The molecule has 0 radical (unpaired) electrons. The first-order chi connectivity index (χ1) is 10.2. The van der Waals surface area contributed by atoms with Crippen molar-refractivity contribution >= 4 is 35.1 Å². The molecular formula is C13H7Cl2F3N4. The van der Waals surface area contributed by atoms with Crippen molar-refractivity contribution < 1.29 is 13.2 Å². The quantitative estimate of drug-likeness (QED) is 0.881. The normalized spacial score (nSPS) is 11.3. The van der Waals surface area contributed by atoms with Gasteiger partial charge in [-0.3, -0.25) is 0 Å². The number of hydrogen-bond donors (Lipinski definition) is 1. The zero-order valence-electron chi connectivity index (χ0n) is 10.7. The Labute approximate surface area is 133 Å². The summed E-state index contributed by atoms with van der Waals surface area (Å²) in [5.41, 5.74) is 4.98. The molecule has 4 nitrogen and oxygen atoms in total. The number of halogens is 5. The zero-order valence-corrected chi connectivity index (χ0v) is 12.3. The smallest absolute Gasteiger partial charge is 0.383 e. The molecule has 0 aliphatic carbocycles. The molecule has 114 valence electrons. The fourth-order valence-electron chi connectivity index (χ4n) is 1.83. The topological polar surface area (TPSA) is 67.6 Å². The van der Waals surface area contributed by atoms with Crippen molar-refractivity contribution in [2.24, 2.45) is 0 Å². The lowest BCUT2D eigenvalue weighted by molar-refractivity contribution is -0.137. The Morgan fingerprint density at radius 1 is 1.32 bits per heavy atom. The predicted molar refractivity (Wildman–Crippen MR) is 77.8 cm³/mol. The van der Waals surface area contributed by atoms with Gasteiger partial charge < -0.3 is 5.73 Å². The SMILES string of the molecule is C=Cc1c(C#N)nn(-c2c(Cl)cc(C(F)(F)F)cc2Cl)c1N. The summed E-state index contributed by atoms with van der Waals surface area (Å²) in [7, 11) is 0. The fraction of sp³-hybridized carbons (Fsp3) is 0.0769. The van der Waals surface area contributed by atoms with Crippen LogP contribution in [0.3, 0.4) is 0 Å². The van der Waals surface area contributed by atoms with E-state index in [0.717, 1.165) is 4.68 Å². The van der Waals surface area contributed by atoms with E-state index < -0.39 is 11.7 Å². The van der Waals surface area contributed by atoms with Gasteiger partial charge >= 0.3 is 6.18 Å². The van der Waals surface area contributed by atoms with Crippen LogP contribution in [0.1, 0.15) is 16.8 Å². The summed E-state index contributed by atoms with van der Waals surface area (Å²) >= 11 is 11.8. The van der Waals surface area contributed by atoms with E-state index in [0.29, 0.717) is 12.1 Å². The van der Waals surface area contributed by atoms with E-state index >= 15 is 0 Å². The second-order valence-electron chi connectivity index (χ2n) is 4.16. The summed E-state index contributed by atoms with van der Waals surface area (Å²) in [5.74, 6) is -0.00453.